The van der Waals surface area contributed by atoms with Crippen molar-refractivity contribution in [1.29, 1.82) is 0 Å². The molecule has 2 rings (SSSR count). The van der Waals surface area contributed by atoms with Crippen LogP contribution in [-0.2, 0) is 0 Å². The van der Waals surface area contributed by atoms with Crippen LogP contribution in [-0.4, -0.2) is 40.1 Å². The van der Waals surface area contributed by atoms with Crippen LogP contribution in [0.1, 0.15) is 23.8 Å². The standard InChI is InChI=1S/C12H16N2O2/c1-9(15)10-5-7-14(8-10)12(16)11-4-2-3-6-13-11/h2-4,6,9-10,15H,5,7-8H2,1H3. The molecule has 1 N–H and O–H groups in total. The molecule has 0 radical (unpaired) electrons. The van der Waals surface area contributed by atoms with Gasteiger partial charge in [0.1, 0.15) is 5.69 Å². The lowest BCUT2D eigenvalue weighted by atomic mass is 10.0. The van der Waals surface area contributed by atoms with E-state index in [0.717, 1.165) is 6.42 Å². The Morgan fingerprint density at radius 1 is 1.62 bits per heavy atom. The number of nitrogens with zero attached hydrogens (tertiary/aromatic N) is 2. The Morgan fingerprint density at radius 2 is 2.44 bits per heavy atom. The number of hydrogen-bond acceptors (Lipinski definition) is 3. The fourth-order valence-electron chi connectivity index (χ4n) is 2.02. The van der Waals surface area contributed by atoms with Crippen LogP contribution in [0.3, 0.4) is 0 Å². The third-order valence-electron chi connectivity index (χ3n) is 3.08. The van der Waals surface area contributed by atoms with Crippen LogP contribution in [0.25, 0.3) is 0 Å². The minimum Gasteiger partial charge on any atom is -0.393 e. The first-order chi connectivity index (χ1) is 7.68. The Labute approximate surface area is 94.9 Å². The molecular formula is C12H16N2O2. The smallest absolute Gasteiger partial charge is 0.272 e. The molecule has 2 atom stereocenters. The molecule has 2 unspecified atom stereocenters. The van der Waals surface area contributed by atoms with Gasteiger partial charge >= 0.3 is 0 Å². The lowest BCUT2D eigenvalue weighted by Crippen LogP contribution is -2.30. The second kappa shape index (κ2) is 4.61. The first-order valence-corrected chi connectivity index (χ1v) is 5.57. The Balaban J connectivity index is 2.03. The van der Waals surface area contributed by atoms with Crippen molar-refractivity contribution in [3.63, 3.8) is 0 Å². The van der Waals surface area contributed by atoms with Crippen molar-refractivity contribution < 1.29 is 9.90 Å². The molecule has 1 aliphatic heterocycles. The molecule has 4 heteroatoms. The van der Waals surface area contributed by atoms with Crippen molar-refractivity contribution in [1.82, 2.24) is 9.88 Å². The van der Waals surface area contributed by atoms with Crippen molar-refractivity contribution in [2.75, 3.05) is 13.1 Å². The molecule has 86 valence electrons. The summed E-state index contributed by atoms with van der Waals surface area (Å²) in [5, 5.41) is 9.47. The largest absolute Gasteiger partial charge is 0.393 e. The highest BCUT2D eigenvalue weighted by Gasteiger charge is 2.29. The molecule has 1 fully saturated rings. The molecule has 0 saturated carbocycles. The number of aliphatic hydroxyl groups excluding tert-OH is 1. The number of hydrogen-bond donors (Lipinski definition) is 1. The van der Waals surface area contributed by atoms with Gasteiger partial charge in [-0.15, -0.1) is 0 Å². The molecule has 1 aromatic rings. The maximum Gasteiger partial charge on any atom is 0.272 e. The van der Waals surface area contributed by atoms with Crippen molar-refractivity contribution >= 4 is 5.91 Å². The van der Waals surface area contributed by atoms with E-state index < -0.39 is 0 Å². The van der Waals surface area contributed by atoms with E-state index in [2.05, 4.69) is 4.98 Å². The van der Waals surface area contributed by atoms with E-state index in [1.54, 1.807) is 30.2 Å². The topological polar surface area (TPSA) is 53.4 Å². The van der Waals surface area contributed by atoms with Gasteiger partial charge in [-0.05, 0) is 25.5 Å². The Kier molecular flexibility index (Phi) is 3.19. The molecule has 0 aromatic carbocycles. The molecular weight excluding hydrogens is 204 g/mol. The van der Waals surface area contributed by atoms with E-state index >= 15 is 0 Å². The number of aromatic nitrogens is 1. The zero-order chi connectivity index (χ0) is 11.5. The zero-order valence-corrected chi connectivity index (χ0v) is 9.34. The highest BCUT2D eigenvalue weighted by Crippen LogP contribution is 2.20. The van der Waals surface area contributed by atoms with Gasteiger partial charge in [0.15, 0.2) is 0 Å². The summed E-state index contributed by atoms with van der Waals surface area (Å²) >= 11 is 0. The van der Waals surface area contributed by atoms with Crippen molar-refractivity contribution in [2.24, 2.45) is 5.92 Å². The summed E-state index contributed by atoms with van der Waals surface area (Å²) in [6.07, 6.45) is 2.15. The van der Waals surface area contributed by atoms with E-state index in [1.807, 2.05) is 6.07 Å². The van der Waals surface area contributed by atoms with Gasteiger partial charge < -0.3 is 10.0 Å². The van der Waals surface area contributed by atoms with Crippen LogP contribution < -0.4 is 0 Å². The summed E-state index contributed by atoms with van der Waals surface area (Å²) in [4.78, 5) is 17.8. The van der Waals surface area contributed by atoms with Crippen LogP contribution in [0.5, 0.6) is 0 Å². The third kappa shape index (κ3) is 2.22. The number of carbonyl (C=O) groups excluding carboxylic acids is 1. The summed E-state index contributed by atoms with van der Waals surface area (Å²) in [6, 6.07) is 5.32. The fraction of sp³-hybridized carbons (Fsp3) is 0.500. The molecule has 0 spiro atoms. The summed E-state index contributed by atoms with van der Waals surface area (Å²) in [6.45, 7) is 3.12. The number of carbonyl (C=O) groups is 1. The highest BCUT2D eigenvalue weighted by molar-refractivity contribution is 5.92. The lowest BCUT2D eigenvalue weighted by molar-refractivity contribution is 0.0757. The predicted molar refractivity (Wildman–Crippen MR) is 59.9 cm³/mol. The number of amides is 1. The molecule has 0 aliphatic carbocycles. The SMILES string of the molecule is CC(O)C1CCN(C(=O)c2ccccn2)C1. The summed E-state index contributed by atoms with van der Waals surface area (Å²) in [7, 11) is 0. The highest BCUT2D eigenvalue weighted by atomic mass is 16.3. The van der Waals surface area contributed by atoms with Crippen LogP contribution in [0.2, 0.25) is 0 Å². The third-order valence-corrected chi connectivity index (χ3v) is 3.08. The monoisotopic (exact) mass is 220 g/mol. The molecule has 1 amide bonds. The van der Waals surface area contributed by atoms with E-state index in [0.29, 0.717) is 18.8 Å². The van der Waals surface area contributed by atoms with Crippen LogP contribution in [0.4, 0.5) is 0 Å². The Morgan fingerprint density at radius 3 is 3.00 bits per heavy atom. The maximum absolute atomic E-state index is 12.0. The molecule has 4 nitrogen and oxygen atoms in total. The van der Waals surface area contributed by atoms with Gasteiger partial charge in [-0.25, -0.2) is 0 Å². The number of rotatable bonds is 2. The predicted octanol–water partition coefficient (Wildman–Crippen LogP) is 0.925. The maximum atomic E-state index is 12.0. The van der Waals surface area contributed by atoms with E-state index in [4.69, 9.17) is 0 Å². The quantitative estimate of drug-likeness (QED) is 0.806. The zero-order valence-electron chi connectivity index (χ0n) is 9.34. The normalized spacial score (nSPS) is 22.1. The molecule has 16 heavy (non-hydrogen) atoms. The summed E-state index contributed by atoms with van der Waals surface area (Å²) in [5.74, 6) is 0.163. The molecule has 1 aliphatic rings. The molecule has 0 bridgehead atoms. The summed E-state index contributed by atoms with van der Waals surface area (Å²) in [5.41, 5.74) is 0.480. The number of likely N-dealkylation sites (tertiary alicyclic amines) is 1. The van der Waals surface area contributed by atoms with E-state index in [-0.39, 0.29) is 17.9 Å². The van der Waals surface area contributed by atoms with Gasteiger partial charge in [0.25, 0.3) is 5.91 Å². The van der Waals surface area contributed by atoms with Crippen molar-refractivity contribution in [2.45, 2.75) is 19.4 Å². The summed E-state index contributed by atoms with van der Waals surface area (Å²) < 4.78 is 0. The minimum atomic E-state index is -0.346. The van der Waals surface area contributed by atoms with Gasteiger partial charge in [-0.2, -0.15) is 0 Å². The van der Waals surface area contributed by atoms with E-state index in [9.17, 15) is 9.90 Å². The second-order valence-electron chi connectivity index (χ2n) is 4.26. The van der Waals surface area contributed by atoms with Crippen LogP contribution in [0, 0.1) is 5.92 Å². The number of pyridine rings is 1. The molecule has 2 heterocycles. The second-order valence-corrected chi connectivity index (χ2v) is 4.26. The van der Waals surface area contributed by atoms with Gasteiger partial charge in [0.2, 0.25) is 0 Å². The van der Waals surface area contributed by atoms with E-state index in [1.165, 1.54) is 0 Å². The Hall–Kier alpha value is -1.42. The van der Waals surface area contributed by atoms with Crippen molar-refractivity contribution in [3.8, 4) is 0 Å². The van der Waals surface area contributed by atoms with Crippen LogP contribution >= 0.6 is 0 Å². The molecule has 1 saturated heterocycles. The number of aliphatic hydroxyl groups is 1. The Bertz CT molecular complexity index is 365. The minimum absolute atomic E-state index is 0.0382. The average Bonchev–Trinajstić information content (AvgIpc) is 2.78. The lowest BCUT2D eigenvalue weighted by Gasteiger charge is -2.17. The van der Waals surface area contributed by atoms with Gasteiger partial charge in [0.05, 0.1) is 6.10 Å². The van der Waals surface area contributed by atoms with Crippen molar-refractivity contribution in [3.05, 3.63) is 30.1 Å². The average molecular weight is 220 g/mol. The fourth-order valence-corrected chi connectivity index (χ4v) is 2.02. The molecule has 1 aromatic heterocycles. The van der Waals surface area contributed by atoms with Gasteiger partial charge in [0, 0.05) is 25.2 Å². The van der Waals surface area contributed by atoms with Gasteiger partial charge in [-0.3, -0.25) is 9.78 Å². The van der Waals surface area contributed by atoms with Gasteiger partial charge in [-0.1, -0.05) is 6.07 Å². The first-order valence-electron chi connectivity index (χ1n) is 5.57. The first kappa shape index (κ1) is 11.1. The van der Waals surface area contributed by atoms with Crippen LogP contribution in [0.15, 0.2) is 24.4 Å².